The van der Waals surface area contributed by atoms with Crippen LogP contribution >= 0.6 is 22.6 Å². The van der Waals surface area contributed by atoms with Gasteiger partial charge in [0, 0.05) is 20.4 Å². The summed E-state index contributed by atoms with van der Waals surface area (Å²) in [5.74, 6) is 0. The number of nitrogens with zero attached hydrogens (tertiary/aromatic N) is 3. The van der Waals surface area contributed by atoms with Crippen molar-refractivity contribution in [2.75, 3.05) is 6.54 Å². The molecule has 0 radical (unpaired) electrons. The summed E-state index contributed by atoms with van der Waals surface area (Å²) in [6.07, 6.45) is 2.29. The Morgan fingerprint density at radius 2 is 2.00 bits per heavy atom. The number of hydrogen-bond donors (Lipinski definition) is 0. The van der Waals surface area contributed by atoms with Gasteiger partial charge in [-0.15, -0.1) is 0 Å². The maximum atomic E-state index is 8.31. The fourth-order valence-electron chi connectivity index (χ4n) is 1.66. The van der Waals surface area contributed by atoms with Crippen molar-refractivity contribution in [2.45, 2.75) is 18.3 Å². The Hall–Kier alpha value is -0.740. The lowest BCUT2D eigenvalue weighted by Gasteiger charge is -2.11. The summed E-state index contributed by atoms with van der Waals surface area (Å²) in [6, 6.07) is 8.49. The van der Waals surface area contributed by atoms with Crippen LogP contribution in [0.15, 0.2) is 29.4 Å². The minimum Gasteiger partial charge on any atom is -0.0931 e. The number of rotatable bonds is 3. The van der Waals surface area contributed by atoms with E-state index in [1.165, 1.54) is 9.13 Å². The lowest BCUT2D eigenvalue weighted by molar-refractivity contribution is 0.701. The summed E-state index contributed by atoms with van der Waals surface area (Å²) in [7, 11) is 0. The van der Waals surface area contributed by atoms with Gasteiger partial charge in [-0.3, -0.25) is 0 Å². The van der Waals surface area contributed by atoms with Crippen molar-refractivity contribution in [1.29, 1.82) is 0 Å². The van der Waals surface area contributed by atoms with Crippen molar-refractivity contribution in [2.24, 2.45) is 5.11 Å². The van der Waals surface area contributed by atoms with E-state index in [-0.39, 0.29) is 5.41 Å². The molecule has 1 saturated carbocycles. The second-order valence-electron chi connectivity index (χ2n) is 3.68. The molecule has 0 unspecified atom stereocenters. The Morgan fingerprint density at radius 3 is 2.50 bits per heavy atom. The van der Waals surface area contributed by atoms with Crippen LogP contribution in [0.2, 0.25) is 0 Å². The van der Waals surface area contributed by atoms with Crippen LogP contribution in [0.25, 0.3) is 10.4 Å². The van der Waals surface area contributed by atoms with Crippen molar-refractivity contribution in [3.05, 3.63) is 43.8 Å². The molecule has 1 fully saturated rings. The SMILES string of the molecule is [N-]=[N+]=NCC1(c2ccc(I)cc2)CC1. The molecule has 3 nitrogen and oxygen atoms in total. The molecule has 0 amide bonds. The molecule has 0 atom stereocenters. The molecule has 0 aromatic heterocycles. The Morgan fingerprint density at radius 1 is 1.36 bits per heavy atom. The largest absolute Gasteiger partial charge is 0.0931 e. The minimum atomic E-state index is 0.163. The molecular formula is C10H10IN3. The highest BCUT2D eigenvalue weighted by Crippen LogP contribution is 2.48. The number of hydrogen-bond acceptors (Lipinski definition) is 1. The highest BCUT2D eigenvalue weighted by Gasteiger charge is 2.43. The van der Waals surface area contributed by atoms with Crippen LogP contribution < -0.4 is 0 Å². The van der Waals surface area contributed by atoms with E-state index in [0.717, 1.165) is 12.8 Å². The zero-order valence-electron chi connectivity index (χ0n) is 7.65. The summed E-state index contributed by atoms with van der Waals surface area (Å²) in [4.78, 5) is 2.83. The topological polar surface area (TPSA) is 48.8 Å². The number of benzene rings is 1. The highest BCUT2D eigenvalue weighted by atomic mass is 127. The molecule has 0 spiro atoms. The normalized spacial score (nSPS) is 17.2. The van der Waals surface area contributed by atoms with Gasteiger partial charge in [0.1, 0.15) is 0 Å². The average molecular weight is 299 g/mol. The first kappa shape index (κ1) is 9.80. The fourth-order valence-corrected chi connectivity index (χ4v) is 2.02. The van der Waals surface area contributed by atoms with Gasteiger partial charge in [0.15, 0.2) is 0 Å². The summed E-state index contributed by atoms with van der Waals surface area (Å²) >= 11 is 2.29. The zero-order valence-corrected chi connectivity index (χ0v) is 9.81. The van der Waals surface area contributed by atoms with Gasteiger partial charge in [-0.1, -0.05) is 17.2 Å². The van der Waals surface area contributed by atoms with Crippen LogP contribution in [0.3, 0.4) is 0 Å². The minimum absolute atomic E-state index is 0.163. The summed E-state index contributed by atoms with van der Waals surface area (Å²) in [5, 5.41) is 3.68. The van der Waals surface area contributed by atoms with E-state index in [1.54, 1.807) is 0 Å². The molecule has 14 heavy (non-hydrogen) atoms. The maximum absolute atomic E-state index is 8.31. The third-order valence-electron chi connectivity index (χ3n) is 2.75. The predicted octanol–water partition coefficient (Wildman–Crippen LogP) is 3.63. The van der Waals surface area contributed by atoms with Crippen LogP contribution in [0, 0.1) is 3.57 Å². The fraction of sp³-hybridized carbons (Fsp3) is 0.400. The van der Waals surface area contributed by atoms with Crippen molar-refractivity contribution in [1.82, 2.24) is 0 Å². The van der Waals surface area contributed by atoms with Crippen molar-refractivity contribution in [3.8, 4) is 0 Å². The molecule has 0 heterocycles. The zero-order chi connectivity index (χ0) is 10.0. The molecule has 0 aliphatic heterocycles. The monoisotopic (exact) mass is 299 g/mol. The lowest BCUT2D eigenvalue weighted by atomic mass is 9.96. The van der Waals surface area contributed by atoms with Gasteiger partial charge < -0.3 is 0 Å². The Kier molecular flexibility index (Phi) is 2.65. The number of halogens is 1. The Bertz CT molecular complexity index is 375. The highest BCUT2D eigenvalue weighted by molar-refractivity contribution is 14.1. The molecule has 1 aromatic rings. The Balaban J connectivity index is 2.21. The van der Waals surface area contributed by atoms with E-state index in [2.05, 4.69) is 56.9 Å². The average Bonchev–Trinajstić information content (AvgIpc) is 2.97. The molecule has 2 rings (SSSR count). The van der Waals surface area contributed by atoms with E-state index in [0.29, 0.717) is 6.54 Å². The molecule has 4 heteroatoms. The third-order valence-corrected chi connectivity index (χ3v) is 3.47. The van der Waals surface area contributed by atoms with Crippen LogP contribution in [0.1, 0.15) is 18.4 Å². The first-order valence-electron chi connectivity index (χ1n) is 4.54. The molecule has 0 saturated heterocycles. The molecule has 1 aromatic carbocycles. The van der Waals surface area contributed by atoms with Crippen molar-refractivity contribution < 1.29 is 0 Å². The van der Waals surface area contributed by atoms with Gasteiger partial charge in [0.25, 0.3) is 0 Å². The van der Waals surface area contributed by atoms with Gasteiger partial charge in [0.2, 0.25) is 0 Å². The van der Waals surface area contributed by atoms with Gasteiger partial charge >= 0.3 is 0 Å². The van der Waals surface area contributed by atoms with Crippen LogP contribution in [0.4, 0.5) is 0 Å². The Labute approximate surface area is 96.3 Å². The number of azide groups is 1. The predicted molar refractivity (Wildman–Crippen MR) is 64.1 cm³/mol. The van der Waals surface area contributed by atoms with Gasteiger partial charge in [0.05, 0.1) is 0 Å². The van der Waals surface area contributed by atoms with Crippen molar-refractivity contribution >= 4 is 22.6 Å². The van der Waals surface area contributed by atoms with Gasteiger partial charge in [-0.2, -0.15) is 0 Å². The van der Waals surface area contributed by atoms with E-state index >= 15 is 0 Å². The molecule has 1 aliphatic rings. The van der Waals surface area contributed by atoms with E-state index in [9.17, 15) is 0 Å². The van der Waals surface area contributed by atoms with Crippen LogP contribution in [0.5, 0.6) is 0 Å². The molecule has 1 aliphatic carbocycles. The smallest absolute Gasteiger partial charge is 0.0355 e. The van der Waals surface area contributed by atoms with E-state index in [4.69, 9.17) is 5.53 Å². The molecule has 0 N–H and O–H groups in total. The summed E-state index contributed by atoms with van der Waals surface area (Å²) in [6.45, 7) is 0.601. The van der Waals surface area contributed by atoms with Crippen molar-refractivity contribution in [3.63, 3.8) is 0 Å². The molecule has 72 valence electrons. The lowest BCUT2D eigenvalue weighted by Crippen LogP contribution is -2.09. The van der Waals surface area contributed by atoms with E-state index < -0.39 is 0 Å². The summed E-state index contributed by atoms with van der Waals surface area (Å²) in [5.41, 5.74) is 9.78. The third kappa shape index (κ3) is 1.86. The second-order valence-corrected chi connectivity index (χ2v) is 4.92. The summed E-state index contributed by atoms with van der Waals surface area (Å²) < 4.78 is 1.24. The molecule has 0 bridgehead atoms. The van der Waals surface area contributed by atoms with E-state index in [1.807, 2.05) is 0 Å². The second kappa shape index (κ2) is 3.79. The van der Waals surface area contributed by atoms with Crippen LogP contribution in [-0.4, -0.2) is 6.54 Å². The maximum Gasteiger partial charge on any atom is 0.0355 e. The van der Waals surface area contributed by atoms with Crippen LogP contribution in [-0.2, 0) is 5.41 Å². The quantitative estimate of drug-likeness (QED) is 0.354. The standard InChI is InChI=1S/C10H10IN3/c11-9-3-1-8(2-4-9)10(5-6-10)7-13-14-12/h1-4H,5-7H2. The first-order chi connectivity index (χ1) is 6.77. The first-order valence-corrected chi connectivity index (χ1v) is 5.62. The van der Waals surface area contributed by atoms with Gasteiger partial charge in [-0.05, 0) is 58.7 Å². The van der Waals surface area contributed by atoms with Gasteiger partial charge in [-0.25, -0.2) is 0 Å². The molecular weight excluding hydrogens is 289 g/mol.